The minimum Gasteiger partial charge on any atom is -0.497 e. The second kappa shape index (κ2) is 8.88. The van der Waals surface area contributed by atoms with Crippen LogP contribution in [0.1, 0.15) is 45.6 Å². The summed E-state index contributed by atoms with van der Waals surface area (Å²) < 4.78 is 5.16. The number of benzene rings is 1. The highest BCUT2D eigenvalue weighted by Gasteiger charge is 2.51. The van der Waals surface area contributed by atoms with Gasteiger partial charge in [-0.05, 0) is 37.5 Å². The molecule has 1 aliphatic heterocycles. The predicted molar refractivity (Wildman–Crippen MR) is 102 cm³/mol. The highest BCUT2D eigenvalue weighted by Crippen LogP contribution is 2.33. The van der Waals surface area contributed by atoms with Crippen LogP contribution in [0.25, 0.3) is 0 Å². The molecule has 1 atom stereocenters. The maximum Gasteiger partial charge on any atom is 0.325 e. The van der Waals surface area contributed by atoms with Crippen molar-refractivity contribution in [3.05, 3.63) is 29.8 Å². The summed E-state index contributed by atoms with van der Waals surface area (Å²) >= 11 is 0. The third kappa shape index (κ3) is 4.07. The third-order valence-electron chi connectivity index (χ3n) is 5.10. The SMILES string of the molecule is CCCCN(CC)C(=O)CN1C(=O)N[C@@](CC)(c2ccc(OC)cc2)C1=O. The summed E-state index contributed by atoms with van der Waals surface area (Å²) in [6.07, 6.45) is 2.26. The molecule has 0 radical (unpaired) electrons. The van der Waals surface area contributed by atoms with Crippen LogP contribution in [-0.2, 0) is 15.1 Å². The number of nitrogens with one attached hydrogen (secondary N) is 1. The van der Waals surface area contributed by atoms with Crippen molar-refractivity contribution in [2.24, 2.45) is 0 Å². The average molecular weight is 375 g/mol. The van der Waals surface area contributed by atoms with Gasteiger partial charge in [-0.15, -0.1) is 0 Å². The molecule has 1 N–H and O–H groups in total. The zero-order chi connectivity index (χ0) is 20.0. The topological polar surface area (TPSA) is 79.0 Å². The molecule has 0 saturated carbocycles. The van der Waals surface area contributed by atoms with E-state index in [9.17, 15) is 14.4 Å². The monoisotopic (exact) mass is 375 g/mol. The van der Waals surface area contributed by atoms with Gasteiger partial charge in [0, 0.05) is 13.1 Å². The molecule has 0 aromatic heterocycles. The van der Waals surface area contributed by atoms with Gasteiger partial charge in [0.05, 0.1) is 7.11 Å². The van der Waals surface area contributed by atoms with Crippen molar-refractivity contribution in [3.63, 3.8) is 0 Å². The van der Waals surface area contributed by atoms with Gasteiger partial charge in [0.25, 0.3) is 5.91 Å². The molecule has 4 amide bonds. The summed E-state index contributed by atoms with van der Waals surface area (Å²) in [5.74, 6) is 0.0690. The Morgan fingerprint density at radius 2 is 1.85 bits per heavy atom. The Morgan fingerprint density at radius 3 is 2.37 bits per heavy atom. The van der Waals surface area contributed by atoms with E-state index in [2.05, 4.69) is 12.2 Å². The lowest BCUT2D eigenvalue weighted by molar-refractivity contribution is -0.139. The Balaban J connectivity index is 2.22. The van der Waals surface area contributed by atoms with Crippen molar-refractivity contribution in [3.8, 4) is 5.75 Å². The van der Waals surface area contributed by atoms with Gasteiger partial charge in [-0.2, -0.15) is 0 Å². The highest BCUT2D eigenvalue weighted by atomic mass is 16.5. The first-order chi connectivity index (χ1) is 12.9. The molecule has 0 unspecified atom stereocenters. The number of urea groups is 1. The van der Waals surface area contributed by atoms with E-state index in [4.69, 9.17) is 4.74 Å². The fourth-order valence-corrected chi connectivity index (χ4v) is 3.33. The van der Waals surface area contributed by atoms with Crippen LogP contribution in [0.15, 0.2) is 24.3 Å². The number of hydrogen-bond donors (Lipinski definition) is 1. The number of carbonyl (C=O) groups excluding carboxylic acids is 3. The summed E-state index contributed by atoms with van der Waals surface area (Å²) in [7, 11) is 1.57. The highest BCUT2D eigenvalue weighted by molar-refractivity contribution is 6.09. The van der Waals surface area contributed by atoms with Gasteiger partial charge < -0.3 is 15.0 Å². The van der Waals surface area contributed by atoms with Crippen LogP contribution in [0.5, 0.6) is 5.75 Å². The molecule has 2 rings (SSSR count). The standard InChI is InChI=1S/C20H29N3O4/c1-5-8-13-22(7-3)17(24)14-23-18(25)20(6-2,21-19(23)26)15-9-11-16(27-4)12-10-15/h9-12H,5-8,13-14H2,1-4H3,(H,21,26)/t20-/m0/s1. The summed E-state index contributed by atoms with van der Waals surface area (Å²) in [5, 5.41) is 2.80. The van der Waals surface area contributed by atoms with E-state index in [1.807, 2.05) is 13.8 Å². The lowest BCUT2D eigenvalue weighted by Crippen LogP contribution is -2.45. The first-order valence-electron chi connectivity index (χ1n) is 9.49. The molecule has 7 nitrogen and oxygen atoms in total. The van der Waals surface area contributed by atoms with Crippen molar-refractivity contribution >= 4 is 17.8 Å². The van der Waals surface area contributed by atoms with Crippen LogP contribution in [0.2, 0.25) is 0 Å². The minimum absolute atomic E-state index is 0.212. The van der Waals surface area contributed by atoms with Crippen molar-refractivity contribution in [2.45, 2.75) is 45.6 Å². The van der Waals surface area contributed by atoms with E-state index in [1.165, 1.54) is 0 Å². The third-order valence-corrected chi connectivity index (χ3v) is 5.10. The molecule has 1 aliphatic rings. The number of carbonyl (C=O) groups is 3. The largest absolute Gasteiger partial charge is 0.497 e. The Labute approximate surface area is 160 Å². The summed E-state index contributed by atoms with van der Waals surface area (Å²) in [4.78, 5) is 40.9. The number of rotatable bonds is 9. The molecule has 148 valence electrons. The van der Waals surface area contributed by atoms with Gasteiger partial charge in [-0.1, -0.05) is 32.4 Å². The van der Waals surface area contributed by atoms with Crippen molar-refractivity contribution < 1.29 is 19.1 Å². The van der Waals surface area contributed by atoms with Gasteiger partial charge in [0.1, 0.15) is 17.8 Å². The van der Waals surface area contributed by atoms with Crippen LogP contribution >= 0.6 is 0 Å². The molecule has 1 aromatic rings. The second-order valence-electron chi connectivity index (χ2n) is 6.64. The van der Waals surface area contributed by atoms with Crippen LogP contribution in [-0.4, -0.2) is 54.4 Å². The molecule has 1 heterocycles. The lowest BCUT2D eigenvalue weighted by atomic mass is 9.87. The summed E-state index contributed by atoms with van der Waals surface area (Å²) in [6, 6.07) is 6.52. The molecule has 27 heavy (non-hydrogen) atoms. The second-order valence-corrected chi connectivity index (χ2v) is 6.64. The van der Waals surface area contributed by atoms with Crippen molar-refractivity contribution in [1.29, 1.82) is 0 Å². The summed E-state index contributed by atoms with van der Waals surface area (Å²) in [6.45, 7) is 6.74. The van der Waals surface area contributed by atoms with Crippen LogP contribution in [0.3, 0.4) is 0 Å². The van der Waals surface area contributed by atoms with Gasteiger partial charge >= 0.3 is 6.03 Å². The first-order valence-corrected chi connectivity index (χ1v) is 9.49. The molecular formula is C20H29N3O4. The number of methoxy groups -OCH3 is 1. The Bertz CT molecular complexity index is 689. The zero-order valence-electron chi connectivity index (χ0n) is 16.6. The molecule has 0 bridgehead atoms. The van der Waals surface area contributed by atoms with Gasteiger partial charge in [-0.25, -0.2) is 4.79 Å². The molecule has 1 fully saturated rings. The lowest BCUT2D eigenvalue weighted by Gasteiger charge is -2.26. The number of nitrogens with zero attached hydrogens (tertiary/aromatic N) is 2. The molecule has 0 aliphatic carbocycles. The Hall–Kier alpha value is -2.57. The van der Waals surface area contributed by atoms with Crippen molar-refractivity contribution in [1.82, 2.24) is 15.1 Å². The molecule has 0 spiro atoms. The summed E-state index contributed by atoms with van der Waals surface area (Å²) in [5.41, 5.74) is -0.471. The molecule has 1 aromatic carbocycles. The van der Waals surface area contributed by atoms with E-state index in [0.717, 1.165) is 17.7 Å². The van der Waals surface area contributed by atoms with Crippen molar-refractivity contribution in [2.75, 3.05) is 26.7 Å². The van der Waals surface area contributed by atoms with Gasteiger partial charge in [-0.3, -0.25) is 14.5 Å². The minimum atomic E-state index is -1.15. The zero-order valence-corrected chi connectivity index (χ0v) is 16.6. The van der Waals surface area contributed by atoms with E-state index in [1.54, 1.807) is 36.3 Å². The number of ether oxygens (including phenoxy) is 1. The molecular weight excluding hydrogens is 346 g/mol. The van der Waals surface area contributed by atoms with Crippen LogP contribution < -0.4 is 10.1 Å². The number of likely N-dealkylation sites (N-methyl/N-ethyl adjacent to an activating group) is 1. The molecule has 1 saturated heterocycles. The van der Waals surface area contributed by atoms with Gasteiger partial charge in [0.2, 0.25) is 5.91 Å². The fraction of sp³-hybridized carbons (Fsp3) is 0.550. The maximum absolute atomic E-state index is 13.1. The molecule has 7 heteroatoms. The maximum atomic E-state index is 13.1. The number of unbranched alkanes of at least 4 members (excludes halogenated alkanes) is 1. The van der Waals surface area contributed by atoms with Crippen LogP contribution in [0, 0.1) is 0 Å². The van der Waals surface area contributed by atoms with E-state index in [0.29, 0.717) is 30.8 Å². The smallest absolute Gasteiger partial charge is 0.325 e. The van der Waals surface area contributed by atoms with E-state index in [-0.39, 0.29) is 18.4 Å². The number of hydrogen-bond acceptors (Lipinski definition) is 4. The Kier molecular flexibility index (Phi) is 6.82. The fourth-order valence-electron chi connectivity index (χ4n) is 3.33. The Morgan fingerprint density at radius 1 is 1.19 bits per heavy atom. The van der Waals surface area contributed by atoms with E-state index < -0.39 is 11.6 Å². The van der Waals surface area contributed by atoms with E-state index >= 15 is 0 Å². The number of amides is 4. The van der Waals surface area contributed by atoms with Gasteiger partial charge in [0.15, 0.2) is 0 Å². The average Bonchev–Trinajstić information content (AvgIpc) is 2.93. The van der Waals surface area contributed by atoms with Crippen LogP contribution in [0.4, 0.5) is 4.79 Å². The normalized spacial score (nSPS) is 19.2. The quantitative estimate of drug-likeness (QED) is 0.673. The number of imide groups is 1. The first kappa shape index (κ1) is 20.7. The predicted octanol–water partition coefficient (Wildman–Crippen LogP) is 2.50.